The molecule has 0 bridgehead atoms. The number of rotatable bonds is 4. The number of hydrogen-bond acceptors (Lipinski definition) is 6. The molecule has 27 heavy (non-hydrogen) atoms. The fraction of sp³-hybridized carbons (Fsp3) is 0.118. The highest BCUT2D eigenvalue weighted by Crippen LogP contribution is 2.35. The van der Waals surface area contributed by atoms with Crippen LogP contribution in [0, 0.1) is 0 Å². The van der Waals surface area contributed by atoms with Crippen molar-refractivity contribution in [2.24, 2.45) is 0 Å². The van der Waals surface area contributed by atoms with E-state index < -0.39 is 5.91 Å². The van der Waals surface area contributed by atoms with Crippen molar-refractivity contribution in [2.75, 3.05) is 19.5 Å². The normalized spacial score (nSPS) is 10.5. The molecule has 0 radical (unpaired) electrons. The van der Waals surface area contributed by atoms with Crippen LogP contribution in [0.1, 0.15) is 10.4 Å². The molecule has 0 saturated heterocycles. The molecule has 0 aliphatic rings. The molecule has 1 amide bonds. The number of hydrogen-bond donors (Lipinski definition) is 2. The maximum Gasteiger partial charge on any atom is 0.264 e. The summed E-state index contributed by atoms with van der Waals surface area (Å²) in [5.74, 6) is 0.274. The number of aromatic nitrogens is 1. The van der Waals surface area contributed by atoms with E-state index in [0.717, 1.165) is 4.70 Å². The number of ether oxygens (including phenoxy) is 2. The molecule has 3 aromatic rings. The molecular formula is C17H13Cl2N3O3S2. The predicted octanol–water partition coefficient (Wildman–Crippen LogP) is 4.75. The van der Waals surface area contributed by atoms with Gasteiger partial charge in [-0.1, -0.05) is 40.6 Å². The molecule has 0 saturated carbocycles. The van der Waals surface area contributed by atoms with Crippen LogP contribution >= 0.6 is 46.8 Å². The number of amides is 1. The average Bonchev–Trinajstić information content (AvgIpc) is 3.06. The van der Waals surface area contributed by atoms with E-state index in [1.54, 1.807) is 24.3 Å². The Labute approximate surface area is 174 Å². The van der Waals surface area contributed by atoms with Gasteiger partial charge in [-0.25, -0.2) is 4.98 Å². The quantitative estimate of drug-likeness (QED) is 0.569. The number of nitrogens with one attached hydrogen (secondary N) is 2. The Hall–Kier alpha value is -2.13. The summed E-state index contributed by atoms with van der Waals surface area (Å²) < 4.78 is 11.3. The molecule has 0 spiro atoms. The van der Waals surface area contributed by atoms with Gasteiger partial charge in [-0.3, -0.25) is 10.1 Å². The van der Waals surface area contributed by atoms with E-state index in [2.05, 4.69) is 15.6 Å². The summed E-state index contributed by atoms with van der Waals surface area (Å²) in [6.07, 6.45) is 0. The third-order valence-corrected chi connectivity index (χ3v) is 5.49. The number of thiazole rings is 1. The first-order valence-corrected chi connectivity index (χ1v) is 9.50. The van der Waals surface area contributed by atoms with Gasteiger partial charge in [-0.05, 0) is 36.5 Å². The first-order chi connectivity index (χ1) is 12.9. The summed E-state index contributed by atoms with van der Waals surface area (Å²) in [6.45, 7) is 0. The minimum absolute atomic E-state index is 0.0780. The molecule has 1 heterocycles. The third kappa shape index (κ3) is 4.08. The maximum atomic E-state index is 12.6. The zero-order chi connectivity index (χ0) is 19.6. The number of carbonyl (C=O) groups excluding carboxylic acids is 1. The number of thiocarbonyl (C=S) groups is 1. The molecule has 0 unspecified atom stereocenters. The Balaban J connectivity index is 1.79. The van der Waals surface area contributed by atoms with E-state index in [4.69, 9.17) is 44.9 Å². The lowest BCUT2D eigenvalue weighted by molar-refractivity contribution is 0.0971. The van der Waals surface area contributed by atoms with E-state index in [1.807, 2.05) is 6.07 Å². The van der Waals surface area contributed by atoms with Crippen molar-refractivity contribution in [1.82, 2.24) is 10.3 Å². The Morgan fingerprint density at radius 1 is 1.15 bits per heavy atom. The lowest BCUT2D eigenvalue weighted by Crippen LogP contribution is -2.34. The van der Waals surface area contributed by atoms with Gasteiger partial charge in [0.05, 0.1) is 29.0 Å². The first-order valence-electron chi connectivity index (χ1n) is 7.52. The molecule has 1 aromatic heterocycles. The summed E-state index contributed by atoms with van der Waals surface area (Å²) >= 11 is 18.7. The predicted molar refractivity (Wildman–Crippen MR) is 113 cm³/mol. The van der Waals surface area contributed by atoms with E-state index in [0.29, 0.717) is 32.2 Å². The highest BCUT2D eigenvalue weighted by molar-refractivity contribution is 7.80. The maximum absolute atomic E-state index is 12.6. The van der Waals surface area contributed by atoms with Crippen LogP contribution in [0.15, 0.2) is 30.3 Å². The van der Waals surface area contributed by atoms with Crippen molar-refractivity contribution in [3.8, 4) is 11.5 Å². The van der Waals surface area contributed by atoms with Crippen molar-refractivity contribution in [3.05, 3.63) is 45.9 Å². The van der Waals surface area contributed by atoms with Crippen LogP contribution < -0.4 is 20.1 Å². The third-order valence-electron chi connectivity index (χ3n) is 3.55. The largest absolute Gasteiger partial charge is 0.496 e. The fourth-order valence-corrected chi connectivity index (χ4v) is 3.91. The van der Waals surface area contributed by atoms with Crippen LogP contribution in [0.2, 0.25) is 10.0 Å². The Morgan fingerprint density at radius 2 is 1.81 bits per heavy atom. The van der Waals surface area contributed by atoms with Crippen molar-refractivity contribution >= 4 is 73.1 Å². The zero-order valence-corrected chi connectivity index (χ0v) is 17.3. The van der Waals surface area contributed by atoms with E-state index in [9.17, 15) is 4.79 Å². The Morgan fingerprint density at radius 3 is 2.44 bits per heavy atom. The van der Waals surface area contributed by atoms with Crippen LogP contribution in [0.3, 0.4) is 0 Å². The first kappa shape index (κ1) is 19.6. The smallest absolute Gasteiger partial charge is 0.264 e. The number of carbonyl (C=O) groups is 1. The summed E-state index contributed by atoms with van der Waals surface area (Å²) in [4.78, 5) is 17.0. The topological polar surface area (TPSA) is 72.5 Å². The number of halogens is 2. The van der Waals surface area contributed by atoms with Crippen LogP contribution in [0.25, 0.3) is 10.2 Å². The van der Waals surface area contributed by atoms with Crippen molar-refractivity contribution in [2.45, 2.75) is 0 Å². The van der Waals surface area contributed by atoms with Gasteiger partial charge >= 0.3 is 0 Å². The summed E-state index contributed by atoms with van der Waals surface area (Å²) in [5, 5.41) is 6.81. The SMILES string of the molecule is COc1cccc(OC)c1C(=O)NC(=S)Nc1nc2c(Cl)c(Cl)ccc2s1. The molecule has 140 valence electrons. The number of benzene rings is 2. The van der Waals surface area contributed by atoms with Gasteiger partial charge in [0.2, 0.25) is 0 Å². The summed E-state index contributed by atoms with van der Waals surface area (Å²) in [7, 11) is 2.94. The van der Waals surface area contributed by atoms with Crippen molar-refractivity contribution in [1.29, 1.82) is 0 Å². The molecule has 2 N–H and O–H groups in total. The van der Waals surface area contributed by atoms with Crippen LogP contribution in [0.4, 0.5) is 5.13 Å². The molecule has 0 atom stereocenters. The molecule has 0 aliphatic heterocycles. The summed E-state index contributed by atoms with van der Waals surface area (Å²) in [6, 6.07) is 8.55. The lowest BCUT2D eigenvalue weighted by Gasteiger charge is -2.13. The molecule has 6 nitrogen and oxygen atoms in total. The van der Waals surface area contributed by atoms with Crippen LogP contribution in [0.5, 0.6) is 11.5 Å². The van der Waals surface area contributed by atoms with Gasteiger partial charge < -0.3 is 14.8 Å². The number of methoxy groups -OCH3 is 2. The highest BCUT2D eigenvalue weighted by atomic mass is 35.5. The van der Waals surface area contributed by atoms with Gasteiger partial charge in [-0.15, -0.1) is 0 Å². The molecule has 0 fully saturated rings. The monoisotopic (exact) mass is 441 g/mol. The zero-order valence-electron chi connectivity index (χ0n) is 14.1. The van der Waals surface area contributed by atoms with E-state index >= 15 is 0 Å². The molecule has 10 heteroatoms. The molecule has 0 aliphatic carbocycles. The van der Waals surface area contributed by atoms with Crippen molar-refractivity contribution < 1.29 is 14.3 Å². The molecule has 3 rings (SSSR count). The van der Waals surface area contributed by atoms with Gasteiger partial charge in [0.1, 0.15) is 22.6 Å². The standard InChI is InChI=1S/C17H13Cl2N3O3S2/c1-24-9-4-3-5-10(25-2)12(9)15(23)21-16(26)22-17-20-14-11(27-17)7-6-8(18)13(14)19/h3-7H,1-2H3,(H2,20,21,22,23,26). The van der Waals surface area contributed by atoms with E-state index in [-0.39, 0.29) is 10.7 Å². The number of fused-ring (bicyclic) bond motifs is 1. The minimum atomic E-state index is -0.469. The van der Waals surface area contributed by atoms with Gasteiger partial charge in [0, 0.05) is 0 Å². The van der Waals surface area contributed by atoms with Gasteiger partial charge in [-0.2, -0.15) is 0 Å². The average molecular weight is 442 g/mol. The van der Waals surface area contributed by atoms with E-state index in [1.165, 1.54) is 25.6 Å². The Kier molecular flexibility index (Phi) is 6.01. The van der Waals surface area contributed by atoms with Crippen LogP contribution in [-0.4, -0.2) is 30.2 Å². The number of anilines is 1. The highest BCUT2D eigenvalue weighted by Gasteiger charge is 2.19. The molecule has 2 aromatic carbocycles. The number of nitrogens with zero attached hydrogens (tertiary/aromatic N) is 1. The second-order valence-corrected chi connectivity index (χ2v) is 7.40. The second kappa shape index (κ2) is 8.26. The van der Waals surface area contributed by atoms with Crippen molar-refractivity contribution in [3.63, 3.8) is 0 Å². The van der Waals surface area contributed by atoms with Gasteiger partial charge in [0.15, 0.2) is 10.2 Å². The fourth-order valence-electron chi connectivity index (χ4n) is 2.36. The minimum Gasteiger partial charge on any atom is -0.496 e. The molecular weight excluding hydrogens is 429 g/mol. The second-order valence-electron chi connectivity index (χ2n) is 5.17. The summed E-state index contributed by atoms with van der Waals surface area (Å²) in [5.41, 5.74) is 0.808. The lowest BCUT2D eigenvalue weighted by atomic mass is 10.1. The van der Waals surface area contributed by atoms with Crippen LogP contribution in [-0.2, 0) is 0 Å². The Bertz CT molecular complexity index is 1020. The van der Waals surface area contributed by atoms with Gasteiger partial charge in [0.25, 0.3) is 5.91 Å².